The van der Waals surface area contributed by atoms with Gasteiger partial charge in [0.15, 0.2) is 0 Å². The van der Waals surface area contributed by atoms with Crippen molar-refractivity contribution < 1.29 is 14.3 Å². The van der Waals surface area contributed by atoms with Crippen molar-refractivity contribution in [3.63, 3.8) is 0 Å². The maximum absolute atomic E-state index is 13.2. The van der Waals surface area contributed by atoms with Gasteiger partial charge in [-0.1, -0.05) is 42.0 Å². The van der Waals surface area contributed by atoms with Crippen LogP contribution in [0.3, 0.4) is 0 Å². The Labute approximate surface area is 200 Å². The fourth-order valence-electron chi connectivity index (χ4n) is 3.41. The fourth-order valence-corrected chi connectivity index (χ4v) is 4.32. The highest BCUT2D eigenvalue weighted by Crippen LogP contribution is 2.30. The lowest BCUT2D eigenvalue weighted by molar-refractivity contribution is -0.137. The number of aryl methyl sites for hydroxylation is 1. The molecule has 0 spiro atoms. The van der Waals surface area contributed by atoms with Crippen LogP contribution in [-0.2, 0) is 20.9 Å². The molecule has 0 saturated heterocycles. The number of benzene rings is 2. The number of thiophene rings is 1. The molecule has 0 radical (unpaired) electrons. The Morgan fingerprint density at radius 3 is 2.56 bits per heavy atom. The van der Waals surface area contributed by atoms with Gasteiger partial charge in [0.25, 0.3) is 5.56 Å². The van der Waals surface area contributed by atoms with Crippen LogP contribution in [0.1, 0.15) is 18.1 Å². The molecule has 8 heteroatoms. The highest BCUT2D eigenvalue weighted by atomic mass is 32.1. The number of carbonyl (C=O) groups excluding carboxylic acids is 2. The summed E-state index contributed by atoms with van der Waals surface area (Å²) >= 11 is 1.41. The molecule has 0 fully saturated rings. The van der Waals surface area contributed by atoms with Gasteiger partial charge in [0.1, 0.15) is 11.4 Å². The van der Waals surface area contributed by atoms with Crippen molar-refractivity contribution >= 4 is 45.2 Å². The topological polar surface area (TPSA) is 90.3 Å². The molecule has 7 nitrogen and oxygen atoms in total. The first-order valence-electron chi connectivity index (χ1n) is 10.7. The summed E-state index contributed by atoms with van der Waals surface area (Å²) in [7, 11) is 0. The zero-order chi connectivity index (χ0) is 24.1. The number of hydrogen-bond donors (Lipinski definition) is 1. The molecular weight excluding hydrogens is 450 g/mol. The molecule has 34 heavy (non-hydrogen) atoms. The second-order valence-electron chi connectivity index (χ2n) is 7.63. The van der Waals surface area contributed by atoms with Crippen LogP contribution in [0.5, 0.6) is 0 Å². The van der Waals surface area contributed by atoms with Crippen LogP contribution in [-0.4, -0.2) is 28.0 Å². The number of aromatic nitrogens is 2. The van der Waals surface area contributed by atoms with Crippen molar-refractivity contribution in [1.82, 2.24) is 9.55 Å². The van der Waals surface area contributed by atoms with E-state index < -0.39 is 5.97 Å². The summed E-state index contributed by atoms with van der Waals surface area (Å²) < 4.78 is 6.17. The number of nitrogens with zero attached hydrogens (tertiary/aromatic N) is 2. The summed E-state index contributed by atoms with van der Waals surface area (Å²) in [5.41, 5.74) is 4.01. The number of ether oxygens (including phenoxy) is 1. The van der Waals surface area contributed by atoms with E-state index >= 15 is 0 Å². The number of fused-ring (bicyclic) bond motifs is 1. The van der Waals surface area contributed by atoms with Crippen LogP contribution in [0.25, 0.3) is 27.4 Å². The lowest BCUT2D eigenvalue weighted by atomic mass is 10.1. The largest absolute Gasteiger partial charge is 0.463 e. The van der Waals surface area contributed by atoms with E-state index in [1.165, 1.54) is 28.3 Å². The first-order valence-corrected chi connectivity index (χ1v) is 11.6. The molecule has 4 rings (SSSR count). The molecule has 1 N–H and O–H groups in total. The predicted octanol–water partition coefficient (Wildman–Crippen LogP) is 4.65. The normalized spacial score (nSPS) is 11.1. The van der Waals surface area contributed by atoms with E-state index in [1.54, 1.807) is 37.3 Å². The lowest BCUT2D eigenvalue weighted by Gasteiger charge is -2.08. The quantitative estimate of drug-likeness (QED) is 0.312. The van der Waals surface area contributed by atoms with Crippen molar-refractivity contribution in [2.45, 2.75) is 20.4 Å². The van der Waals surface area contributed by atoms with Gasteiger partial charge in [-0.2, -0.15) is 0 Å². The number of nitrogens with one attached hydrogen (secondary N) is 1. The second-order valence-corrected chi connectivity index (χ2v) is 8.49. The molecule has 0 saturated carbocycles. The average molecular weight is 474 g/mol. The highest BCUT2D eigenvalue weighted by Gasteiger charge is 2.15. The van der Waals surface area contributed by atoms with Gasteiger partial charge in [-0.3, -0.25) is 14.2 Å². The van der Waals surface area contributed by atoms with E-state index in [0.717, 1.165) is 22.3 Å². The van der Waals surface area contributed by atoms with Crippen molar-refractivity contribution in [3.8, 4) is 11.1 Å². The Kier molecular flexibility index (Phi) is 6.98. The summed E-state index contributed by atoms with van der Waals surface area (Å²) in [5, 5.41) is 5.22. The van der Waals surface area contributed by atoms with Gasteiger partial charge in [-0.25, -0.2) is 9.78 Å². The maximum Gasteiger partial charge on any atom is 0.330 e. The smallest absolute Gasteiger partial charge is 0.330 e. The second kappa shape index (κ2) is 10.3. The molecule has 0 aliphatic heterocycles. The van der Waals surface area contributed by atoms with Crippen molar-refractivity contribution in [2.75, 3.05) is 11.9 Å². The first-order chi connectivity index (χ1) is 16.4. The molecule has 0 aliphatic carbocycles. The van der Waals surface area contributed by atoms with Crippen molar-refractivity contribution in [1.29, 1.82) is 0 Å². The van der Waals surface area contributed by atoms with Crippen LogP contribution in [0.2, 0.25) is 0 Å². The van der Waals surface area contributed by atoms with E-state index in [0.29, 0.717) is 22.5 Å². The Morgan fingerprint density at radius 2 is 1.85 bits per heavy atom. The Balaban J connectivity index is 1.48. The van der Waals surface area contributed by atoms with E-state index in [2.05, 4.69) is 10.3 Å². The third-order valence-electron chi connectivity index (χ3n) is 5.13. The minimum atomic E-state index is -0.410. The van der Waals surface area contributed by atoms with Gasteiger partial charge in [0.05, 0.1) is 18.3 Å². The zero-order valence-corrected chi connectivity index (χ0v) is 19.6. The third-order valence-corrected chi connectivity index (χ3v) is 6.02. The molecule has 2 aromatic heterocycles. The van der Waals surface area contributed by atoms with Gasteiger partial charge < -0.3 is 10.1 Å². The minimum Gasteiger partial charge on any atom is -0.463 e. The average Bonchev–Trinajstić information content (AvgIpc) is 3.26. The number of anilines is 1. The summed E-state index contributed by atoms with van der Waals surface area (Å²) in [4.78, 5) is 42.2. The molecule has 0 aliphatic rings. The summed E-state index contributed by atoms with van der Waals surface area (Å²) in [5.74, 6) is -0.753. The molecule has 0 atom stereocenters. The number of carbonyl (C=O) groups is 2. The van der Waals surface area contributed by atoms with E-state index in [1.807, 2.05) is 36.6 Å². The summed E-state index contributed by atoms with van der Waals surface area (Å²) in [6.07, 6.45) is 4.39. The molecule has 2 heterocycles. The number of esters is 1. The van der Waals surface area contributed by atoms with Crippen LogP contribution < -0.4 is 10.9 Å². The van der Waals surface area contributed by atoms with Gasteiger partial charge >= 0.3 is 5.97 Å². The molecular formula is C26H23N3O4S. The SMILES string of the molecule is CCOC(=O)/C=C/c1ccc(NC(=O)Cn2cnc3scc(-c4ccc(C)cc4)c3c2=O)cc1. The minimum absolute atomic E-state index is 0.157. The summed E-state index contributed by atoms with van der Waals surface area (Å²) in [6, 6.07) is 14.9. The van der Waals surface area contributed by atoms with Crippen molar-refractivity contribution in [3.05, 3.63) is 87.8 Å². The van der Waals surface area contributed by atoms with Gasteiger partial charge in [-0.05, 0) is 43.2 Å². The summed E-state index contributed by atoms with van der Waals surface area (Å²) in [6.45, 7) is 3.92. The van der Waals surface area contributed by atoms with Crippen molar-refractivity contribution in [2.24, 2.45) is 0 Å². The predicted molar refractivity (Wildman–Crippen MR) is 135 cm³/mol. The van der Waals surface area contributed by atoms with Crippen LogP contribution in [0.4, 0.5) is 5.69 Å². The Morgan fingerprint density at radius 1 is 1.12 bits per heavy atom. The van der Waals surface area contributed by atoms with Gasteiger partial charge in [0, 0.05) is 22.7 Å². The zero-order valence-electron chi connectivity index (χ0n) is 18.8. The van der Waals surface area contributed by atoms with Crippen LogP contribution in [0, 0.1) is 6.92 Å². The third kappa shape index (κ3) is 5.29. The lowest BCUT2D eigenvalue weighted by Crippen LogP contribution is -2.27. The number of amides is 1. The highest BCUT2D eigenvalue weighted by molar-refractivity contribution is 7.17. The Bertz CT molecular complexity index is 1420. The first kappa shape index (κ1) is 23.1. The monoisotopic (exact) mass is 473 g/mol. The van der Waals surface area contributed by atoms with E-state index in [4.69, 9.17) is 4.74 Å². The molecule has 172 valence electrons. The van der Waals surface area contributed by atoms with Crippen LogP contribution in [0.15, 0.2) is 71.1 Å². The maximum atomic E-state index is 13.2. The van der Waals surface area contributed by atoms with Gasteiger partial charge in [-0.15, -0.1) is 11.3 Å². The molecule has 0 unspecified atom stereocenters. The van der Waals surface area contributed by atoms with Gasteiger partial charge in [0.2, 0.25) is 5.91 Å². The number of hydrogen-bond acceptors (Lipinski definition) is 6. The molecule has 4 aromatic rings. The van der Waals surface area contributed by atoms with E-state index in [-0.39, 0.29) is 18.0 Å². The van der Waals surface area contributed by atoms with Crippen LogP contribution >= 0.6 is 11.3 Å². The number of rotatable bonds is 7. The standard InChI is InChI=1S/C26H23N3O4S/c1-3-33-23(31)13-8-18-6-11-20(12-7-18)28-22(30)14-29-16-27-25-24(26(29)32)21(15-34-25)19-9-4-17(2)5-10-19/h4-13,15-16H,3,14H2,1-2H3,(H,28,30)/b13-8+. The molecule has 1 amide bonds. The molecule has 0 bridgehead atoms. The fraction of sp³-hybridized carbons (Fsp3) is 0.154. The molecule has 2 aromatic carbocycles. The Hall–Kier alpha value is -4.04. The van der Waals surface area contributed by atoms with E-state index in [9.17, 15) is 14.4 Å².